The number of halogens is 1. The van der Waals surface area contributed by atoms with Crippen LogP contribution in [0.4, 0.5) is 0 Å². The number of nitrogens with one attached hydrogen (secondary N) is 3. The molecular formula is C24H32IN7O. The number of aromatic amines is 1. The standard InChI is InChI=1S/C24H31N7O.HI/c1-25-24(26-16-21(31-14-6-7-15-31)18-8-4-3-5-9-18)27-17-22-28-23(30-29-22)19-10-12-20(32-2)13-11-19;/h3-5,8-13,21H,6-7,14-17H2,1-2H3,(H2,25,26,27)(H,28,29,30);1H. The molecule has 0 spiro atoms. The fourth-order valence-electron chi connectivity index (χ4n) is 4.01. The number of H-pyrrole nitrogens is 1. The molecule has 4 rings (SSSR count). The molecule has 2 aromatic carbocycles. The third kappa shape index (κ3) is 6.67. The topological polar surface area (TPSA) is 90.5 Å². The lowest BCUT2D eigenvalue weighted by atomic mass is 10.1. The Balaban J connectivity index is 0.00000306. The lowest BCUT2D eigenvalue weighted by Crippen LogP contribution is -2.42. The van der Waals surface area contributed by atoms with Crippen molar-refractivity contribution in [1.82, 2.24) is 30.7 Å². The number of ether oxygens (including phenoxy) is 1. The summed E-state index contributed by atoms with van der Waals surface area (Å²) in [5, 5.41) is 14.2. The highest BCUT2D eigenvalue weighted by Crippen LogP contribution is 2.24. The van der Waals surface area contributed by atoms with E-state index in [-0.39, 0.29) is 24.0 Å². The molecule has 0 bridgehead atoms. The van der Waals surface area contributed by atoms with E-state index in [0.29, 0.717) is 18.4 Å². The van der Waals surface area contributed by atoms with Crippen molar-refractivity contribution in [2.24, 2.45) is 4.99 Å². The number of hydrogen-bond acceptors (Lipinski definition) is 5. The first-order valence-electron chi connectivity index (χ1n) is 11.1. The third-order valence-corrected chi connectivity index (χ3v) is 5.76. The second kappa shape index (κ2) is 12.5. The summed E-state index contributed by atoms with van der Waals surface area (Å²) in [7, 11) is 3.44. The molecule has 1 atom stereocenters. The van der Waals surface area contributed by atoms with Crippen LogP contribution in [0.25, 0.3) is 11.4 Å². The zero-order chi connectivity index (χ0) is 22.2. The average Bonchev–Trinajstić information content (AvgIpc) is 3.55. The lowest BCUT2D eigenvalue weighted by Gasteiger charge is -2.28. The van der Waals surface area contributed by atoms with Crippen LogP contribution in [0.3, 0.4) is 0 Å². The lowest BCUT2D eigenvalue weighted by molar-refractivity contribution is 0.245. The van der Waals surface area contributed by atoms with Crippen molar-refractivity contribution in [3.05, 3.63) is 66.0 Å². The summed E-state index contributed by atoms with van der Waals surface area (Å²) in [6.45, 7) is 3.57. The van der Waals surface area contributed by atoms with E-state index >= 15 is 0 Å². The first-order valence-corrected chi connectivity index (χ1v) is 11.1. The van der Waals surface area contributed by atoms with Gasteiger partial charge in [-0.1, -0.05) is 30.3 Å². The molecule has 1 saturated heterocycles. The van der Waals surface area contributed by atoms with Crippen LogP contribution >= 0.6 is 24.0 Å². The minimum absolute atomic E-state index is 0. The number of aromatic nitrogens is 3. The molecule has 1 aliphatic heterocycles. The highest BCUT2D eigenvalue weighted by atomic mass is 127. The molecule has 1 unspecified atom stereocenters. The summed E-state index contributed by atoms with van der Waals surface area (Å²) < 4.78 is 5.21. The number of aliphatic imine (C=N–C) groups is 1. The Morgan fingerprint density at radius 2 is 1.82 bits per heavy atom. The summed E-state index contributed by atoms with van der Waals surface area (Å²) in [6.07, 6.45) is 2.52. The average molecular weight is 561 g/mol. The van der Waals surface area contributed by atoms with Gasteiger partial charge in [0.05, 0.1) is 19.7 Å². The maximum absolute atomic E-state index is 5.21. The Bertz CT molecular complexity index is 1000. The molecule has 3 aromatic rings. The van der Waals surface area contributed by atoms with Crippen LogP contribution in [0.1, 0.15) is 30.3 Å². The fraction of sp³-hybridized carbons (Fsp3) is 0.375. The zero-order valence-electron chi connectivity index (χ0n) is 19.1. The van der Waals surface area contributed by atoms with Gasteiger partial charge in [-0.2, -0.15) is 5.10 Å². The Hall–Kier alpha value is -2.66. The number of benzene rings is 2. The van der Waals surface area contributed by atoms with Crippen molar-refractivity contribution in [1.29, 1.82) is 0 Å². The maximum Gasteiger partial charge on any atom is 0.191 e. The van der Waals surface area contributed by atoms with E-state index in [1.54, 1.807) is 14.2 Å². The summed E-state index contributed by atoms with van der Waals surface area (Å²) in [6, 6.07) is 18.7. The molecule has 176 valence electrons. The second-order valence-corrected chi connectivity index (χ2v) is 7.81. The highest BCUT2D eigenvalue weighted by Gasteiger charge is 2.23. The smallest absolute Gasteiger partial charge is 0.191 e. The second-order valence-electron chi connectivity index (χ2n) is 7.81. The SMILES string of the molecule is CN=C(NCc1nc(-c2ccc(OC)cc2)n[nH]1)NCC(c1ccccc1)N1CCCC1.I. The van der Waals surface area contributed by atoms with Gasteiger partial charge in [-0.3, -0.25) is 15.0 Å². The van der Waals surface area contributed by atoms with Gasteiger partial charge in [-0.15, -0.1) is 24.0 Å². The van der Waals surface area contributed by atoms with Crippen LogP contribution in [-0.4, -0.2) is 59.8 Å². The number of rotatable bonds is 8. The number of methoxy groups -OCH3 is 1. The van der Waals surface area contributed by atoms with Crippen LogP contribution in [-0.2, 0) is 6.54 Å². The largest absolute Gasteiger partial charge is 0.497 e. The molecule has 33 heavy (non-hydrogen) atoms. The number of hydrogen-bond donors (Lipinski definition) is 3. The molecule has 9 heteroatoms. The van der Waals surface area contributed by atoms with E-state index in [9.17, 15) is 0 Å². The first kappa shape index (κ1) is 25.0. The van der Waals surface area contributed by atoms with Crippen LogP contribution < -0.4 is 15.4 Å². The predicted octanol–water partition coefficient (Wildman–Crippen LogP) is 3.60. The Morgan fingerprint density at radius 3 is 2.48 bits per heavy atom. The van der Waals surface area contributed by atoms with Crippen molar-refractivity contribution in [2.75, 3.05) is 33.8 Å². The van der Waals surface area contributed by atoms with E-state index in [1.165, 1.54) is 18.4 Å². The number of guanidine groups is 1. The molecule has 0 amide bonds. The van der Waals surface area contributed by atoms with E-state index < -0.39 is 0 Å². The molecule has 0 aliphatic carbocycles. The molecule has 1 fully saturated rings. The third-order valence-electron chi connectivity index (χ3n) is 5.76. The predicted molar refractivity (Wildman–Crippen MR) is 142 cm³/mol. The molecule has 0 radical (unpaired) electrons. The molecule has 8 nitrogen and oxygen atoms in total. The first-order chi connectivity index (χ1) is 15.8. The quantitative estimate of drug-likeness (QED) is 0.221. The summed E-state index contributed by atoms with van der Waals surface area (Å²) >= 11 is 0. The summed E-state index contributed by atoms with van der Waals surface area (Å²) in [4.78, 5) is 11.5. The van der Waals surface area contributed by atoms with Crippen molar-refractivity contribution >= 4 is 29.9 Å². The summed E-state index contributed by atoms with van der Waals surface area (Å²) in [5.41, 5.74) is 2.27. The fourth-order valence-corrected chi connectivity index (χ4v) is 4.01. The molecule has 3 N–H and O–H groups in total. The molecule has 0 saturated carbocycles. The van der Waals surface area contributed by atoms with Crippen LogP contribution in [0, 0.1) is 0 Å². The van der Waals surface area contributed by atoms with Gasteiger partial charge in [-0.25, -0.2) is 4.98 Å². The van der Waals surface area contributed by atoms with Crippen LogP contribution in [0.5, 0.6) is 5.75 Å². The number of nitrogens with zero attached hydrogens (tertiary/aromatic N) is 4. The van der Waals surface area contributed by atoms with Gasteiger partial charge in [0.15, 0.2) is 11.8 Å². The van der Waals surface area contributed by atoms with E-state index in [0.717, 1.165) is 42.7 Å². The van der Waals surface area contributed by atoms with E-state index in [2.05, 4.69) is 66.0 Å². The zero-order valence-corrected chi connectivity index (χ0v) is 21.5. The molecule has 2 heterocycles. The van der Waals surface area contributed by atoms with Gasteiger partial charge < -0.3 is 15.4 Å². The summed E-state index contributed by atoms with van der Waals surface area (Å²) in [5.74, 6) is 2.96. The Labute approximate surface area is 212 Å². The van der Waals surface area contributed by atoms with Gasteiger partial charge in [0.25, 0.3) is 0 Å². The number of likely N-dealkylation sites (tertiary alicyclic amines) is 1. The van der Waals surface area contributed by atoms with Crippen LogP contribution in [0.15, 0.2) is 59.6 Å². The van der Waals surface area contributed by atoms with Crippen molar-refractivity contribution in [3.8, 4) is 17.1 Å². The minimum atomic E-state index is 0. The van der Waals surface area contributed by atoms with Gasteiger partial charge in [0, 0.05) is 19.2 Å². The van der Waals surface area contributed by atoms with Gasteiger partial charge in [0.1, 0.15) is 11.6 Å². The van der Waals surface area contributed by atoms with Crippen LogP contribution in [0.2, 0.25) is 0 Å². The highest BCUT2D eigenvalue weighted by molar-refractivity contribution is 14.0. The van der Waals surface area contributed by atoms with Crippen molar-refractivity contribution < 1.29 is 4.74 Å². The molecular weight excluding hydrogens is 529 g/mol. The van der Waals surface area contributed by atoms with Gasteiger partial charge >= 0.3 is 0 Å². The van der Waals surface area contributed by atoms with Crippen molar-refractivity contribution in [3.63, 3.8) is 0 Å². The molecule has 1 aliphatic rings. The Kier molecular flexibility index (Phi) is 9.49. The van der Waals surface area contributed by atoms with E-state index in [4.69, 9.17) is 4.74 Å². The van der Waals surface area contributed by atoms with Gasteiger partial charge in [0.2, 0.25) is 0 Å². The van der Waals surface area contributed by atoms with E-state index in [1.807, 2.05) is 24.3 Å². The molecule has 1 aromatic heterocycles. The normalized spacial score (nSPS) is 15.0. The van der Waals surface area contributed by atoms with Crippen molar-refractivity contribution in [2.45, 2.75) is 25.4 Å². The van der Waals surface area contributed by atoms with Gasteiger partial charge in [-0.05, 0) is 55.8 Å². The minimum Gasteiger partial charge on any atom is -0.497 e. The Morgan fingerprint density at radius 1 is 1.09 bits per heavy atom. The monoisotopic (exact) mass is 561 g/mol. The maximum atomic E-state index is 5.21.